The largest absolute Gasteiger partial charge is 0.493 e. The molecular formula is C17H26ClNO2. The first-order valence-corrected chi connectivity index (χ1v) is 8.41. The quantitative estimate of drug-likeness (QED) is 0.694. The van der Waals surface area contributed by atoms with E-state index < -0.39 is 0 Å². The highest BCUT2D eigenvalue weighted by Crippen LogP contribution is 2.24. The lowest BCUT2D eigenvalue weighted by Crippen LogP contribution is -2.15. The van der Waals surface area contributed by atoms with E-state index in [2.05, 4.69) is 12.2 Å². The van der Waals surface area contributed by atoms with Gasteiger partial charge in [-0.15, -0.1) is 0 Å². The summed E-state index contributed by atoms with van der Waals surface area (Å²) < 4.78 is 11.6. The molecule has 0 bridgehead atoms. The topological polar surface area (TPSA) is 30.5 Å². The highest BCUT2D eigenvalue weighted by Gasteiger charge is 2.14. The van der Waals surface area contributed by atoms with Crippen molar-refractivity contribution in [3.05, 3.63) is 28.8 Å². The van der Waals surface area contributed by atoms with E-state index in [1.165, 1.54) is 12.8 Å². The predicted molar refractivity (Wildman–Crippen MR) is 87.2 cm³/mol. The van der Waals surface area contributed by atoms with Crippen LogP contribution in [0.2, 0.25) is 5.02 Å². The van der Waals surface area contributed by atoms with Gasteiger partial charge in [0.1, 0.15) is 5.75 Å². The zero-order valence-corrected chi connectivity index (χ0v) is 13.6. The Morgan fingerprint density at radius 2 is 2.33 bits per heavy atom. The van der Waals surface area contributed by atoms with E-state index in [1.807, 2.05) is 18.2 Å². The van der Waals surface area contributed by atoms with Crippen LogP contribution in [0.3, 0.4) is 0 Å². The van der Waals surface area contributed by atoms with Gasteiger partial charge in [-0.3, -0.25) is 0 Å². The van der Waals surface area contributed by atoms with Crippen LogP contribution in [0.25, 0.3) is 0 Å². The predicted octanol–water partition coefficient (Wildman–Crippen LogP) is 4.18. The van der Waals surface area contributed by atoms with Crippen molar-refractivity contribution >= 4 is 11.6 Å². The Morgan fingerprint density at radius 3 is 3.10 bits per heavy atom. The summed E-state index contributed by atoms with van der Waals surface area (Å²) >= 11 is 6.08. The van der Waals surface area contributed by atoms with Crippen LogP contribution in [-0.4, -0.2) is 25.9 Å². The Balaban J connectivity index is 1.77. The lowest BCUT2D eigenvalue weighted by atomic mass is 10.1. The van der Waals surface area contributed by atoms with Gasteiger partial charge >= 0.3 is 0 Å². The first-order valence-electron chi connectivity index (χ1n) is 8.03. The average molecular weight is 312 g/mol. The molecule has 0 radical (unpaired) electrons. The lowest BCUT2D eigenvalue weighted by Gasteiger charge is -2.14. The Hall–Kier alpha value is -0.770. The van der Waals surface area contributed by atoms with E-state index in [-0.39, 0.29) is 0 Å². The number of ether oxygens (including phenoxy) is 2. The van der Waals surface area contributed by atoms with Gasteiger partial charge in [0.2, 0.25) is 0 Å². The van der Waals surface area contributed by atoms with E-state index in [9.17, 15) is 0 Å². The summed E-state index contributed by atoms with van der Waals surface area (Å²) in [5.74, 6) is 0.940. The number of halogens is 1. The number of rotatable bonds is 9. The molecule has 1 aliphatic rings. The Kier molecular flexibility index (Phi) is 7.34. The highest BCUT2D eigenvalue weighted by atomic mass is 35.5. The van der Waals surface area contributed by atoms with Gasteiger partial charge in [-0.05, 0) is 56.8 Å². The second-order valence-corrected chi connectivity index (χ2v) is 5.99. The van der Waals surface area contributed by atoms with Gasteiger partial charge in [0.15, 0.2) is 0 Å². The van der Waals surface area contributed by atoms with Crippen molar-refractivity contribution in [1.82, 2.24) is 5.32 Å². The fourth-order valence-electron chi connectivity index (χ4n) is 2.59. The minimum atomic E-state index is 0.449. The Labute approximate surface area is 133 Å². The van der Waals surface area contributed by atoms with Gasteiger partial charge in [0, 0.05) is 23.7 Å². The fourth-order valence-corrected chi connectivity index (χ4v) is 2.79. The van der Waals surface area contributed by atoms with E-state index in [0.717, 1.165) is 61.9 Å². The molecule has 1 saturated heterocycles. The van der Waals surface area contributed by atoms with E-state index >= 15 is 0 Å². The molecule has 1 heterocycles. The second kappa shape index (κ2) is 9.29. The minimum Gasteiger partial charge on any atom is -0.493 e. The maximum atomic E-state index is 6.08. The summed E-state index contributed by atoms with van der Waals surface area (Å²) in [6, 6.07) is 5.84. The van der Waals surface area contributed by atoms with E-state index in [0.29, 0.717) is 6.10 Å². The molecule has 1 unspecified atom stereocenters. The third-order valence-electron chi connectivity index (χ3n) is 3.72. The zero-order chi connectivity index (χ0) is 14.9. The fraction of sp³-hybridized carbons (Fsp3) is 0.647. The third kappa shape index (κ3) is 5.85. The average Bonchev–Trinajstić information content (AvgIpc) is 2.99. The Bertz CT molecular complexity index is 419. The molecule has 0 saturated carbocycles. The number of hydrogen-bond donors (Lipinski definition) is 1. The molecule has 3 nitrogen and oxygen atoms in total. The van der Waals surface area contributed by atoms with Crippen LogP contribution in [0, 0.1) is 0 Å². The number of nitrogens with one attached hydrogen (secondary N) is 1. The molecule has 2 rings (SSSR count). The molecule has 1 atom stereocenters. The molecule has 1 aromatic rings. The van der Waals surface area contributed by atoms with Crippen LogP contribution < -0.4 is 10.1 Å². The first-order chi connectivity index (χ1) is 10.3. The normalized spacial score (nSPS) is 18.1. The summed E-state index contributed by atoms with van der Waals surface area (Å²) in [7, 11) is 0. The minimum absolute atomic E-state index is 0.449. The van der Waals surface area contributed by atoms with Crippen molar-refractivity contribution in [1.29, 1.82) is 0 Å². The highest BCUT2D eigenvalue weighted by molar-refractivity contribution is 6.30. The van der Waals surface area contributed by atoms with E-state index in [4.69, 9.17) is 21.1 Å². The monoisotopic (exact) mass is 311 g/mol. The number of benzene rings is 1. The van der Waals surface area contributed by atoms with Crippen molar-refractivity contribution in [2.24, 2.45) is 0 Å². The van der Waals surface area contributed by atoms with Crippen molar-refractivity contribution < 1.29 is 9.47 Å². The molecule has 118 valence electrons. The molecule has 1 aromatic carbocycles. The molecule has 1 fully saturated rings. The summed E-state index contributed by atoms with van der Waals surface area (Å²) in [6.45, 7) is 5.63. The van der Waals surface area contributed by atoms with Gasteiger partial charge in [-0.1, -0.05) is 18.5 Å². The zero-order valence-electron chi connectivity index (χ0n) is 12.9. The Morgan fingerprint density at radius 1 is 1.43 bits per heavy atom. The van der Waals surface area contributed by atoms with Gasteiger partial charge in [0.25, 0.3) is 0 Å². The van der Waals surface area contributed by atoms with Gasteiger partial charge in [-0.2, -0.15) is 0 Å². The lowest BCUT2D eigenvalue weighted by molar-refractivity contribution is 0.0981. The molecule has 1 N–H and O–H groups in total. The summed E-state index contributed by atoms with van der Waals surface area (Å²) in [5, 5.41) is 4.15. The smallest absolute Gasteiger partial charge is 0.123 e. The third-order valence-corrected chi connectivity index (χ3v) is 3.95. The molecule has 0 amide bonds. The first kappa shape index (κ1) is 16.6. The number of hydrogen-bond acceptors (Lipinski definition) is 3. The van der Waals surface area contributed by atoms with Crippen LogP contribution in [0.1, 0.15) is 44.6 Å². The SMILES string of the molecule is CCCNCc1cc(Cl)ccc1OCCCC1CCCO1. The van der Waals surface area contributed by atoms with Crippen molar-refractivity contribution in [3.8, 4) is 5.75 Å². The second-order valence-electron chi connectivity index (χ2n) is 5.55. The molecule has 0 aromatic heterocycles. The molecule has 0 spiro atoms. The van der Waals surface area contributed by atoms with Crippen LogP contribution in [0.5, 0.6) is 5.75 Å². The maximum Gasteiger partial charge on any atom is 0.123 e. The summed E-state index contributed by atoms with van der Waals surface area (Å²) in [4.78, 5) is 0. The molecular weight excluding hydrogens is 286 g/mol. The molecule has 4 heteroatoms. The van der Waals surface area contributed by atoms with Crippen LogP contribution >= 0.6 is 11.6 Å². The van der Waals surface area contributed by atoms with Crippen LogP contribution in [0.4, 0.5) is 0 Å². The standard InChI is InChI=1S/C17H26ClNO2/c1-2-9-19-13-14-12-15(18)7-8-17(14)21-11-4-6-16-5-3-10-20-16/h7-8,12,16,19H,2-6,9-11,13H2,1H3. The van der Waals surface area contributed by atoms with Crippen LogP contribution in [-0.2, 0) is 11.3 Å². The van der Waals surface area contributed by atoms with Crippen molar-refractivity contribution in [2.45, 2.75) is 51.7 Å². The van der Waals surface area contributed by atoms with Gasteiger partial charge in [-0.25, -0.2) is 0 Å². The van der Waals surface area contributed by atoms with Gasteiger partial charge in [0.05, 0.1) is 12.7 Å². The maximum absolute atomic E-state index is 6.08. The summed E-state index contributed by atoms with van der Waals surface area (Å²) in [6.07, 6.45) is 6.11. The van der Waals surface area contributed by atoms with Gasteiger partial charge < -0.3 is 14.8 Å². The van der Waals surface area contributed by atoms with Crippen LogP contribution in [0.15, 0.2) is 18.2 Å². The molecule has 1 aliphatic heterocycles. The van der Waals surface area contributed by atoms with E-state index in [1.54, 1.807) is 0 Å². The summed E-state index contributed by atoms with van der Waals surface area (Å²) in [5.41, 5.74) is 1.13. The van der Waals surface area contributed by atoms with Crippen molar-refractivity contribution in [3.63, 3.8) is 0 Å². The van der Waals surface area contributed by atoms with Crippen molar-refractivity contribution in [2.75, 3.05) is 19.8 Å². The molecule has 0 aliphatic carbocycles. The molecule has 21 heavy (non-hydrogen) atoms.